The van der Waals surface area contributed by atoms with E-state index in [9.17, 15) is 22.4 Å². The Labute approximate surface area is 175 Å². The Morgan fingerprint density at radius 2 is 1.80 bits per heavy atom. The first-order chi connectivity index (χ1) is 14.3. The van der Waals surface area contributed by atoms with Crippen molar-refractivity contribution < 1.29 is 22.4 Å². The van der Waals surface area contributed by atoms with E-state index in [-0.39, 0.29) is 48.1 Å². The van der Waals surface area contributed by atoms with Gasteiger partial charge in [-0.2, -0.15) is 5.10 Å². The zero-order chi connectivity index (χ0) is 21.3. The number of sulfone groups is 1. The van der Waals surface area contributed by atoms with Crippen molar-refractivity contribution in [1.82, 2.24) is 14.8 Å². The van der Waals surface area contributed by atoms with Crippen molar-refractivity contribution in [2.45, 2.75) is 31.8 Å². The van der Waals surface area contributed by atoms with E-state index in [2.05, 4.69) is 10.0 Å². The Balaban J connectivity index is 1.37. The van der Waals surface area contributed by atoms with Gasteiger partial charge < -0.3 is 4.90 Å². The smallest absolute Gasteiger partial charge is 0.270 e. The van der Waals surface area contributed by atoms with Crippen molar-refractivity contribution in [2.75, 3.05) is 37.7 Å². The first-order valence-corrected chi connectivity index (χ1v) is 12.0. The fourth-order valence-electron chi connectivity index (χ4n) is 4.18. The third-order valence-corrected chi connectivity index (χ3v) is 7.67. The van der Waals surface area contributed by atoms with E-state index in [1.54, 1.807) is 17.0 Å². The van der Waals surface area contributed by atoms with Crippen molar-refractivity contribution in [3.8, 4) is 0 Å². The number of amides is 2. The van der Waals surface area contributed by atoms with Crippen molar-refractivity contribution in [1.29, 1.82) is 0 Å². The van der Waals surface area contributed by atoms with Crippen LogP contribution in [0.1, 0.15) is 24.8 Å². The van der Waals surface area contributed by atoms with Crippen LogP contribution in [-0.2, 0) is 26.0 Å². The number of rotatable bonds is 4. The Bertz CT molecular complexity index is 956. The zero-order valence-corrected chi connectivity index (χ0v) is 17.5. The highest BCUT2D eigenvalue weighted by Crippen LogP contribution is 2.20. The summed E-state index contributed by atoms with van der Waals surface area (Å²) in [6.07, 6.45) is 1.17. The predicted molar refractivity (Wildman–Crippen MR) is 109 cm³/mol. The minimum absolute atomic E-state index is 0.0445. The van der Waals surface area contributed by atoms with Crippen LogP contribution in [0.5, 0.6) is 0 Å². The Kier molecular flexibility index (Phi) is 5.88. The first kappa shape index (κ1) is 20.9. The van der Waals surface area contributed by atoms with Crippen LogP contribution in [0, 0.1) is 5.82 Å². The van der Waals surface area contributed by atoms with Crippen LogP contribution in [0.3, 0.4) is 0 Å². The van der Waals surface area contributed by atoms with Crippen LogP contribution in [0.15, 0.2) is 29.4 Å². The van der Waals surface area contributed by atoms with E-state index >= 15 is 0 Å². The normalized spacial score (nSPS) is 24.8. The van der Waals surface area contributed by atoms with Crippen molar-refractivity contribution in [3.63, 3.8) is 0 Å². The molecule has 8 nitrogen and oxygen atoms in total. The molecular weight excluding hydrogens is 411 g/mol. The van der Waals surface area contributed by atoms with Gasteiger partial charge in [0.2, 0.25) is 5.91 Å². The summed E-state index contributed by atoms with van der Waals surface area (Å²) in [5.74, 6) is -0.245. The Morgan fingerprint density at radius 3 is 2.43 bits per heavy atom. The van der Waals surface area contributed by atoms with Crippen LogP contribution in [0.4, 0.5) is 4.39 Å². The summed E-state index contributed by atoms with van der Waals surface area (Å²) in [6, 6.07) is 5.89. The number of benzene rings is 1. The van der Waals surface area contributed by atoms with Gasteiger partial charge in [0.05, 0.1) is 18.1 Å². The fourth-order valence-corrected chi connectivity index (χ4v) is 5.94. The average Bonchev–Trinajstić information content (AvgIpc) is 3.10. The largest absolute Gasteiger partial charge is 0.335 e. The molecule has 1 atom stereocenters. The predicted octanol–water partition coefficient (Wildman–Crippen LogP) is 0.635. The lowest BCUT2D eigenvalue weighted by atomic mass is 10.1. The SMILES string of the molecule is O=C(C1=NN(Cc2ccc(F)cc2)C(=O)CC1)N1CCN(C2CCS(=O)(=O)C2)CC1. The highest BCUT2D eigenvalue weighted by molar-refractivity contribution is 7.91. The molecule has 1 unspecified atom stereocenters. The molecule has 1 aromatic carbocycles. The molecule has 2 saturated heterocycles. The molecule has 3 heterocycles. The lowest BCUT2D eigenvalue weighted by molar-refractivity contribution is -0.132. The van der Waals surface area contributed by atoms with Gasteiger partial charge in [0.15, 0.2) is 9.84 Å². The lowest BCUT2D eigenvalue weighted by Crippen LogP contribution is -2.54. The fraction of sp³-hybridized carbons (Fsp3) is 0.550. The Hall–Kier alpha value is -2.33. The maximum absolute atomic E-state index is 13.1. The van der Waals surface area contributed by atoms with Gasteiger partial charge in [-0.3, -0.25) is 14.5 Å². The quantitative estimate of drug-likeness (QED) is 0.691. The molecule has 0 aromatic heterocycles. The average molecular weight is 437 g/mol. The summed E-state index contributed by atoms with van der Waals surface area (Å²) in [5.41, 5.74) is 1.09. The second-order valence-electron chi connectivity index (χ2n) is 8.01. The number of carbonyl (C=O) groups excluding carboxylic acids is 2. The molecule has 4 rings (SSSR count). The highest BCUT2D eigenvalue weighted by atomic mass is 32.2. The molecule has 0 spiro atoms. The third kappa shape index (κ3) is 4.70. The molecule has 1 aromatic rings. The van der Waals surface area contributed by atoms with Gasteiger partial charge in [0, 0.05) is 45.1 Å². The van der Waals surface area contributed by atoms with Gasteiger partial charge in [-0.15, -0.1) is 0 Å². The van der Waals surface area contributed by atoms with Crippen LogP contribution >= 0.6 is 0 Å². The van der Waals surface area contributed by atoms with E-state index in [1.165, 1.54) is 17.1 Å². The number of hydrogen-bond acceptors (Lipinski definition) is 6. The Morgan fingerprint density at radius 1 is 1.10 bits per heavy atom. The number of halogens is 1. The number of nitrogens with zero attached hydrogens (tertiary/aromatic N) is 4. The minimum atomic E-state index is -2.93. The second-order valence-corrected chi connectivity index (χ2v) is 10.2. The van der Waals surface area contributed by atoms with E-state index in [0.29, 0.717) is 44.7 Å². The summed E-state index contributed by atoms with van der Waals surface area (Å²) < 4.78 is 36.5. The van der Waals surface area contributed by atoms with Crippen molar-refractivity contribution in [3.05, 3.63) is 35.6 Å². The molecule has 0 bridgehead atoms. The van der Waals surface area contributed by atoms with Crippen LogP contribution in [0.25, 0.3) is 0 Å². The maximum Gasteiger partial charge on any atom is 0.270 e. The number of hydrogen-bond donors (Lipinski definition) is 0. The molecule has 30 heavy (non-hydrogen) atoms. The molecule has 0 saturated carbocycles. The van der Waals surface area contributed by atoms with Gasteiger partial charge in [-0.25, -0.2) is 17.8 Å². The number of carbonyl (C=O) groups is 2. The molecule has 10 heteroatoms. The molecule has 0 aliphatic carbocycles. The van der Waals surface area contributed by atoms with Crippen LogP contribution in [-0.4, -0.2) is 84.5 Å². The molecule has 162 valence electrons. The maximum atomic E-state index is 13.1. The van der Waals surface area contributed by atoms with Gasteiger partial charge in [0.25, 0.3) is 5.91 Å². The molecule has 3 aliphatic heterocycles. The molecule has 0 N–H and O–H groups in total. The van der Waals surface area contributed by atoms with Gasteiger partial charge in [-0.1, -0.05) is 12.1 Å². The topological polar surface area (TPSA) is 90.4 Å². The summed E-state index contributed by atoms with van der Waals surface area (Å²) in [7, 11) is -2.93. The zero-order valence-electron chi connectivity index (χ0n) is 16.7. The summed E-state index contributed by atoms with van der Waals surface area (Å²) in [4.78, 5) is 29.0. The highest BCUT2D eigenvalue weighted by Gasteiger charge is 2.35. The lowest BCUT2D eigenvalue weighted by Gasteiger charge is -2.38. The molecule has 3 aliphatic rings. The molecule has 2 fully saturated rings. The minimum Gasteiger partial charge on any atom is -0.335 e. The van der Waals surface area contributed by atoms with E-state index in [1.807, 2.05) is 0 Å². The molecular formula is C20H25FN4O4S. The monoisotopic (exact) mass is 436 g/mol. The van der Waals surface area contributed by atoms with Gasteiger partial charge in [0.1, 0.15) is 11.5 Å². The van der Waals surface area contributed by atoms with Crippen molar-refractivity contribution >= 4 is 27.4 Å². The van der Waals surface area contributed by atoms with Crippen LogP contribution < -0.4 is 0 Å². The van der Waals surface area contributed by atoms with E-state index in [4.69, 9.17) is 0 Å². The number of hydrazone groups is 1. The summed E-state index contributed by atoms with van der Waals surface area (Å²) in [5, 5.41) is 5.58. The standard InChI is InChI=1S/C20H25FN4O4S/c21-16-3-1-15(2-4-16)13-25-19(26)6-5-18(22-25)20(27)24-10-8-23(9-11-24)17-7-12-30(28,29)14-17/h1-4,17H,5-14H2. The number of piperazine rings is 1. The summed E-state index contributed by atoms with van der Waals surface area (Å²) >= 11 is 0. The third-order valence-electron chi connectivity index (χ3n) is 5.92. The van der Waals surface area contributed by atoms with E-state index in [0.717, 1.165) is 5.56 Å². The molecule has 0 radical (unpaired) electrons. The van der Waals surface area contributed by atoms with Gasteiger partial charge in [-0.05, 0) is 24.1 Å². The van der Waals surface area contributed by atoms with Crippen molar-refractivity contribution in [2.24, 2.45) is 5.10 Å². The second kappa shape index (κ2) is 8.43. The molecule has 2 amide bonds. The summed E-state index contributed by atoms with van der Waals surface area (Å²) in [6.45, 7) is 2.50. The van der Waals surface area contributed by atoms with E-state index < -0.39 is 9.84 Å². The first-order valence-electron chi connectivity index (χ1n) is 10.2. The van der Waals surface area contributed by atoms with Crippen LogP contribution in [0.2, 0.25) is 0 Å². The van der Waals surface area contributed by atoms with Gasteiger partial charge >= 0.3 is 0 Å².